The van der Waals surface area contributed by atoms with Gasteiger partial charge in [-0.15, -0.1) is 0 Å². The number of hydrogen-bond donors (Lipinski definition) is 2. The van der Waals surface area contributed by atoms with Crippen LogP contribution in [0.25, 0.3) is 0 Å². The smallest absolute Gasteiger partial charge is 0.263 e. The number of amides is 3. The topological polar surface area (TPSA) is 118 Å². The van der Waals surface area contributed by atoms with Gasteiger partial charge in [0.25, 0.3) is 17.7 Å². The standard InChI is InChI=1S/C20H23N5O4/c1-29-16-6-2-4-14(12-16)19(27)24-10-11-25(18(24)17(26)23-9-7-21)20(28)15-5-3-8-22-13-15/h2-6,8,12-13,18H,7,9-11,21H2,1H3,(H,23,26). The van der Waals surface area contributed by atoms with E-state index < -0.39 is 12.1 Å². The highest BCUT2D eigenvalue weighted by Crippen LogP contribution is 2.22. The number of nitrogens with one attached hydrogen (secondary N) is 1. The van der Waals surface area contributed by atoms with E-state index in [9.17, 15) is 14.4 Å². The molecule has 1 aromatic carbocycles. The Bertz CT molecular complexity index is 889. The van der Waals surface area contributed by atoms with Gasteiger partial charge in [0, 0.05) is 44.1 Å². The number of nitrogens with two attached hydrogens (primary N) is 1. The van der Waals surface area contributed by atoms with Gasteiger partial charge in [0.2, 0.25) is 0 Å². The second-order valence-corrected chi connectivity index (χ2v) is 6.42. The molecule has 1 aromatic heterocycles. The molecule has 9 heteroatoms. The van der Waals surface area contributed by atoms with E-state index in [1.54, 1.807) is 42.6 Å². The minimum atomic E-state index is -1.08. The van der Waals surface area contributed by atoms with Crippen molar-refractivity contribution in [2.45, 2.75) is 6.17 Å². The number of nitrogens with zero attached hydrogens (tertiary/aromatic N) is 3. The molecule has 3 amide bonds. The van der Waals surface area contributed by atoms with Crippen molar-refractivity contribution < 1.29 is 19.1 Å². The molecule has 0 bridgehead atoms. The summed E-state index contributed by atoms with van der Waals surface area (Å²) in [6.45, 7) is 0.942. The lowest BCUT2D eigenvalue weighted by Crippen LogP contribution is -2.54. The SMILES string of the molecule is COc1cccc(C(=O)N2CCN(C(=O)c3cccnc3)C2C(=O)NCCN)c1. The van der Waals surface area contributed by atoms with E-state index in [2.05, 4.69) is 10.3 Å². The second-order valence-electron chi connectivity index (χ2n) is 6.42. The Labute approximate surface area is 168 Å². The molecular weight excluding hydrogens is 374 g/mol. The Morgan fingerprint density at radius 1 is 1.14 bits per heavy atom. The van der Waals surface area contributed by atoms with Crippen molar-refractivity contribution in [3.8, 4) is 5.75 Å². The molecule has 9 nitrogen and oxygen atoms in total. The molecular formula is C20H23N5O4. The second kappa shape index (κ2) is 9.16. The molecule has 1 fully saturated rings. The maximum Gasteiger partial charge on any atom is 0.263 e. The molecule has 0 spiro atoms. The number of pyridine rings is 1. The van der Waals surface area contributed by atoms with Gasteiger partial charge in [-0.2, -0.15) is 0 Å². The fourth-order valence-electron chi connectivity index (χ4n) is 3.20. The molecule has 2 aromatic rings. The predicted molar refractivity (Wildman–Crippen MR) is 105 cm³/mol. The van der Waals surface area contributed by atoms with E-state index in [0.29, 0.717) is 16.9 Å². The number of aromatic nitrogens is 1. The molecule has 1 saturated heterocycles. The van der Waals surface area contributed by atoms with Crippen LogP contribution in [-0.2, 0) is 4.79 Å². The van der Waals surface area contributed by atoms with Crippen molar-refractivity contribution in [3.05, 3.63) is 59.9 Å². The van der Waals surface area contributed by atoms with Crippen LogP contribution in [0.15, 0.2) is 48.8 Å². The highest BCUT2D eigenvalue weighted by atomic mass is 16.5. The highest BCUT2D eigenvalue weighted by molar-refractivity contribution is 6.02. The van der Waals surface area contributed by atoms with E-state index in [1.165, 1.54) is 23.1 Å². The van der Waals surface area contributed by atoms with Crippen LogP contribution in [0, 0.1) is 0 Å². The van der Waals surface area contributed by atoms with E-state index in [1.807, 2.05) is 0 Å². The Kier molecular flexibility index (Phi) is 6.40. The monoisotopic (exact) mass is 397 g/mol. The first-order valence-electron chi connectivity index (χ1n) is 9.20. The number of ether oxygens (including phenoxy) is 1. The summed E-state index contributed by atoms with van der Waals surface area (Å²) >= 11 is 0. The number of rotatable bonds is 6. The van der Waals surface area contributed by atoms with E-state index in [0.717, 1.165) is 0 Å². The number of hydrogen-bond acceptors (Lipinski definition) is 6. The average Bonchev–Trinajstić information content (AvgIpc) is 3.22. The summed E-state index contributed by atoms with van der Waals surface area (Å²) in [6.07, 6.45) is 1.92. The summed E-state index contributed by atoms with van der Waals surface area (Å²) in [5.74, 6) is -0.658. The zero-order valence-electron chi connectivity index (χ0n) is 16.1. The van der Waals surface area contributed by atoms with Crippen molar-refractivity contribution in [2.75, 3.05) is 33.3 Å². The zero-order chi connectivity index (χ0) is 20.8. The first-order valence-corrected chi connectivity index (χ1v) is 9.20. The van der Waals surface area contributed by atoms with Gasteiger partial charge in [0.15, 0.2) is 6.17 Å². The van der Waals surface area contributed by atoms with Crippen LogP contribution < -0.4 is 15.8 Å². The normalized spacial score (nSPS) is 15.9. The molecule has 3 rings (SSSR count). The van der Waals surface area contributed by atoms with Crippen LogP contribution in [0.4, 0.5) is 0 Å². The van der Waals surface area contributed by atoms with Gasteiger partial charge in [-0.05, 0) is 30.3 Å². The van der Waals surface area contributed by atoms with E-state index >= 15 is 0 Å². The summed E-state index contributed by atoms with van der Waals surface area (Å²) in [5.41, 5.74) is 6.20. The lowest BCUT2D eigenvalue weighted by Gasteiger charge is -2.29. The van der Waals surface area contributed by atoms with Gasteiger partial charge >= 0.3 is 0 Å². The summed E-state index contributed by atoms with van der Waals surface area (Å²) in [6, 6.07) is 9.94. The largest absolute Gasteiger partial charge is 0.497 e. The zero-order valence-corrected chi connectivity index (χ0v) is 16.1. The maximum absolute atomic E-state index is 13.1. The van der Waals surface area contributed by atoms with Crippen molar-refractivity contribution in [1.29, 1.82) is 0 Å². The molecule has 0 aliphatic carbocycles. The summed E-state index contributed by atoms with van der Waals surface area (Å²) in [7, 11) is 1.51. The lowest BCUT2D eigenvalue weighted by molar-refractivity contribution is -0.128. The van der Waals surface area contributed by atoms with Crippen LogP contribution in [0.3, 0.4) is 0 Å². The summed E-state index contributed by atoms with van der Waals surface area (Å²) in [4.78, 5) is 45.6. The third-order valence-corrected chi connectivity index (χ3v) is 4.60. The molecule has 0 radical (unpaired) electrons. The summed E-state index contributed by atoms with van der Waals surface area (Å²) < 4.78 is 5.18. The molecule has 1 unspecified atom stereocenters. The Morgan fingerprint density at radius 3 is 2.45 bits per heavy atom. The van der Waals surface area contributed by atoms with Crippen LogP contribution in [0.5, 0.6) is 5.75 Å². The Balaban J connectivity index is 1.90. The number of carbonyl (C=O) groups excluding carboxylic acids is 3. The van der Waals surface area contributed by atoms with Crippen LogP contribution in [0.2, 0.25) is 0 Å². The quantitative estimate of drug-likeness (QED) is 0.713. The minimum absolute atomic E-state index is 0.225. The number of carbonyl (C=O) groups is 3. The van der Waals surface area contributed by atoms with Crippen molar-refractivity contribution in [1.82, 2.24) is 20.1 Å². The Morgan fingerprint density at radius 2 is 1.83 bits per heavy atom. The first-order chi connectivity index (χ1) is 14.1. The van der Waals surface area contributed by atoms with Gasteiger partial charge in [0.05, 0.1) is 12.7 Å². The minimum Gasteiger partial charge on any atom is -0.497 e. The molecule has 1 aliphatic rings. The van der Waals surface area contributed by atoms with E-state index in [4.69, 9.17) is 10.5 Å². The molecule has 1 atom stereocenters. The van der Waals surface area contributed by atoms with Gasteiger partial charge in [-0.1, -0.05) is 6.07 Å². The van der Waals surface area contributed by atoms with Crippen molar-refractivity contribution in [3.63, 3.8) is 0 Å². The van der Waals surface area contributed by atoms with Crippen molar-refractivity contribution >= 4 is 17.7 Å². The van der Waals surface area contributed by atoms with Crippen molar-refractivity contribution in [2.24, 2.45) is 5.73 Å². The molecule has 0 saturated carbocycles. The van der Waals surface area contributed by atoms with Gasteiger partial charge in [-0.3, -0.25) is 19.4 Å². The summed E-state index contributed by atoms with van der Waals surface area (Å²) in [5, 5.41) is 2.68. The average molecular weight is 397 g/mol. The third-order valence-electron chi connectivity index (χ3n) is 4.60. The van der Waals surface area contributed by atoms with Crippen LogP contribution in [-0.4, -0.2) is 72.0 Å². The number of methoxy groups -OCH3 is 1. The molecule has 2 heterocycles. The molecule has 29 heavy (non-hydrogen) atoms. The van der Waals surface area contributed by atoms with Gasteiger partial charge < -0.3 is 25.6 Å². The lowest BCUT2D eigenvalue weighted by atomic mass is 10.1. The van der Waals surface area contributed by atoms with Gasteiger partial charge in [-0.25, -0.2) is 0 Å². The predicted octanol–water partition coefficient (Wildman–Crippen LogP) is 0.0894. The molecule has 3 N–H and O–H groups in total. The molecule has 1 aliphatic heterocycles. The fourth-order valence-corrected chi connectivity index (χ4v) is 3.20. The number of benzene rings is 1. The van der Waals surface area contributed by atoms with Crippen LogP contribution >= 0.6 is 0 Å². The van der Waals surface area contributed by atoms with Crippen LogP contribution in [0.1, 0.15) is 20.7 Å². The maximum atomic E-state index is 13.1. The fraction of sp³-hybridized carbons (Fsp3) is 0.300. The van der Waals surface area contributed by atoms with Gasteiger partial charge in [0.1, 0.15) is 5.75 Å². The highest BCUT2D eigenvalue weighted by Gasteiger charge is 2.43. The first kappa shape index (κ1) is 20.3. The Hall–Kier alpha value is -3.46. The molecule has 152 valence electrons. The van der Waals surface area contributed by atoms with E-state index in [-0.39, 0.29) is 38.0 Å². The third kappa shape index (κ3) is 4.35.